The Hall–Kier alpha value is -2.41. The molecule has 0 unspecified atom stereocenters. The van der Waals surface area contributed by atoms with Crippen LogP contribution < -0.4 is 5.32 Å². The van der Waals surface area contributed by atoms with Crippen LogP contribution in [0.4, 0.5) is 5.69 Å². The number of benzene rings is 1. The summed E-state index contributed by atoms with van der Waals surface area (Å²) in [5, 5.41) is 3.43. The highest BCUT2D eigenvalue weighted by atomic mass is 32.2. The Balaban J connectivity index is 1.87. The maximum absolute atomic E-state index is 12.3. The highest BCUT2D eigenvalue weighted by Crippen LogP contribution is 2.18. The minimum Gasteiger partial charge on any atom is -0.336 e. The molecule has 0 radical (unpaired) electrons. The molecule has 2 aromatic rings. The summed E-state index contributed by atoms with van der Waals surface area (Å²) in [4.78, 5) is 34.5. The van der Waals surface area contributed by atoms with Gasteiger partial charge in [0, 0.05) is 24.1 Å². The fourth-order valence-corrected chi connectivity index (χ4v) is 3.26. The molecular weight excluding hydrogens is 348 g/mol. The van der Waals surface area contributed by atoms with Crippen LogP contribution in [0.2, 0.25) is 0 Å². The minimum absolute atomic E-state index is 0.000474. The standard InChI is InChI=1S/C19H24N4O2S/c1-12-7-6-8-16(15(12)4)22-17(24)10-23(5)18(25)11-26-19-20-13(2)9-14(3)21-19/h6-9H,10-11H2,1-5H3,(H,22,24). The van der Waals surface area contributed by atoms with E-state index in [1.54, 1.807) is 7.05 Å². The number of carbonyl (C=O) groups excluding carboxylic acids is 2. The molecule has 0 fully saturated rings. The van der Waals surface area contributed by atoms with Gasteiger partial charge in [0.1, 0.15) is 0 Å². The van der Waals surface area contributed by atoms with Gasteiger partial charge >= 0.3 is 0 Å². The van der Waals surface area contributed by atoms with Crippen molar-refractivity contribution in [2.45, 2.75) is 32.9 Å². The number of hydrogen-bond donors (Lipinski definition) is 1. The molecule has 7 heteroatoms. The highest BCUT2D eigenvalue weighted by Gasteiger charge is 2.15. The second-order valence-corrected chi connectivity index (χ2v) is 7.21. The number of rotatable bonds is 6. The van der Waals surface area contributed by atoms with Crippen LogP contribution in [0.15, 0.2) is 29.4 Å². The Morgan fingerprint density at radius 3 is 2.42 bits per heavy atom. The van der Waals surface area contributed by atoms with E-state index in [-0.39, 0.29) is 24.1 Å². The summed E-state index contributed by atoms with van der Waals surface area (Å²) in [5.74, 6) is -0.174. The zero-order valence-corrected chi connectivity index (χ0v) is 16.6. The predicted molar refractivity (Wildman–Crippen MR) is 104 cm³/mol. The van der Waals surface area contributed by atoms with Gasteiger partial charge in [0.05, 0.1) is 12.3 Å². The van der Waals surface area contributed by atoms with E-state index in [9.17, 15) is 9.59 Å². The number of thioether (sulfide) groups is 1. The SMILES string of the molecule is Cc1cc(C)nc(SCC(=O)N(C)CC(=O)Nc2cccc(C)c2C)n1. The summed E-state index contributed by atoms with van der Waals surface area (Å²) in [6, 6.07) is 7.63. The van der Waals surface area contributed by atoms with Gasteiger partial charge < -0.3 is 10.2 Å². The van der Waals surface area contributed by atoms with Gasteiger partial charge in [0.15, 0.2) is 5.16 Å². The summed E-state index contributed by atoms with van der Waals surface area (Å²) in [5.41, 5.74) is 4.64. The second-order valence-electron chi connectivity index (χ2n) is 6.27. The van der Waals surface area contributed by atoms with Gasteiger partial charge in [-0.05, 0) is 51.0 Å². The van der Waals surface area contributed by atoms with Crippen LogP contribution in [0.5, 0.6) is 0 Å². The number of anilines is 1. The summed E-state index contributed by atoms with van der Waals surface area (Å²) in [6.45, 7) is 7.74. The first-order valence-corrected chi connectivity index (χ1v) is 9.30. The van der Waals surface area contributed by atoms with E-state index in [1.165, 1.54) is 16.7 Å². The molecule has 1 N–H and O–H groups in total. The molecule has 2 amide bonds. The molecular formula is C19H24N4O2S. The third kappa shape index (κ3) is 5.56. The molecule has 0 saturated carbocycles. The first-order valence-electron chi connectivity index (χ1n) is 8.31. The zero-order chi connectivity index (χ0) is 19.3. The van der Waals surface area contributed by atoms with Crippen molar-refractivity contribution in [3.63, 3.8) is 0 Å². The lowest BCUT2D eigenvalue weighted by atomic mass is 10.1. The quantitative estimate of drug-likeness (QED) is 0.623. The van der Waals surface area contributed by atoms with Gasteiger partial charge in [0.2, 0.25) is 11.8 Å². The first-order chi connectivity index (χ1) is 12.3. The second kappa shape index (κ2) is 8.80. The Morgan fingerprint density at radius 2 is 1.77 bits per heavy atom. The summed E-state index contributed by atoms with van der Waals surface area (Å²) in [6.07, 6.45) is 0. The fraction of sp³-hybridized carbons (Fsp3) is 0.368. The third-order valence-electron chi connectivity index (χ3n) is 3.97. The van der Waals surface area contributed by atoms with E-state index in [0.717, 1.165) is 28.2 Å². The molecule has 0 aliphatic heterocycles. The van der Waals surface area contributed by atoms with Crippen LogP contribution >= 0.6 is 11.8 Å². The number of nitrogens with one attached hydrogen (secondary N) is 1. The van der Waals surface area contributed by atoms with Crippen molar-refractivity contribution in [1.29, 1.82) is 0 Å². The van der Waals surface area contributed by atoms with Crippen molar-refractivity contribution >= 4 is 29.3 Å². The molecule has 1 heterocycles. The van der Waals surface area contributed by atoms with Crippen molar-refractivity contribution < 1.29 is 9.59 Å². The van der Waals surface area contributed by atoms with Crippen molar-refractivity contribution in [3.8, 4) is 0 Å². The maximum atomic E-state index is 12.3. The smallest absolute Gasteiger partial charge is 0.243 e. The molecule has 26 heavy (non-hydrogen) atoms. The third-order valence-corrected chi connectivity index (χ3v) is 4.80. The first kappa shape index (κ1) is 19.9. The number of aromatic nitrogens is 2. The molecule has 0 atom stereocenters. The summed E-state index contributed by atoms with van der Waals surface area (Å²) >= 11 is 1.28. The van der Waals surface area contributed by atoms with Gasteiger partial charge in [-0.25, -0.2) is 9.97 Å². The number of aryl methyl sites for hydroxylation is 3. The van der Waals surface area contributed by atoms with Gasteiger partial charge in [0.25, 0.3) is 0 Å². The molecule has 0 aliphatic carbocycles. The maximum Gasteiger partial charge on any atom is 0.243 e. The molecule has 0 bridgehead atoms. The number of nitrogens with zero attached hydrogens (tertiary/aromatic N) is 3. The Kier molecular flexibility index (Phi) is 6.74. The molecule has 2 rings (SSSR count). The number of likely N-dealkylation sites (N-methyl/N-ethyl adjacent to an activating group) is 1. The molecule has 0 saturated heterocycles. The molecule has 1 aromatic carbocycles. The van der Waals surface area contributed by atoms with Gasteiger partial charge in [-0.1, -0.05) is 23.9 Å². The summed E-state index contributed by atoms with van der Waals surface area (Å²) in [7, 11) is 1.62. The molecule has 138 valence electrons. The largest absolute Gasteiger partial charge is 0.336 e. The minimum atomic E-state index is -0.220. The number of amides is 2. The average molecular weight is 372 g/mol. The van der Waals surface area contributed by atoms with E-state index < -0.39 is 0 Å². The van der Waals surface area contributed by atoms with Gasteiger partial charge in [-0.15, -0.1) is 0 Å². The van der Waals surface area contributed by atoms with Crippen molar-refractivity contribution in [2.24, 2.45) is 0 Å². The normalized spacial score (nSPS) is 10.5. The lowest BCUT2D eigenvalue weighted by Crippen LogP contribution is -2.36. The lowest BCUT2D eigenvalue weighted by Gasteiger charge is -2.17. The molecule has 0 spiro atoms. The van der Waals surface area contributed by atoms with Crippen molar-refractivity contribution in [3.05, 3.63) is 46.8 Å². The van der Waals surface area contributed by atoms with Crippen LogP contribution in [0.25, 0.3) is 0 Å². The lowest BCUT2D eigenvalue weighted by molar-refractivity contribution is -0.131. The summed E-state index contributed by atoms with van der Waals surface area (Å²) < 4.78 is 0. The number of carbonyl (C=O) groups is 2. The van der Waals surface area contributed by atoms with Crippen LogP contribution in [-0.4, -0.2) is 46.0 Å². The van der Waals surface area contributed by atoms with E-state index in [4.69, 9.17) is 0 Å². The van der Waals surface area contributed by atoms with Crippen LogP contribution in [-0.2, 0) is 9.59 Å². The van der Waals surface area contributed by atoms with E-state index in [2.05, 4.69) is 15.3 Å². The van der Waals surface area contributed by atoms with Crippen LogP contribution in [0, 0.1) is 27.7 Å². The molecule has 6 nitrogen and oxygen atoms in total. The van der Waals surface area contributed by atoms with E-state index in [1.807, 2.05) is 52.0 Å². The Bertz CT molecular complexity index is 803. The molecule has 1 aromatic heterocycles. The average Bonchev–Trinajstić information content (AvgIpc) is 2.56. The van der Waals surface area contributed by atoms with Gasteiger partial charge in [-0.3, -0.25) is 9.59 Å². The zero-order valence-electron chi connectivity index (χ0n) is 15.8. The highest BCUT2D eigenvalue weighted by molar-refractivity contribution is 7.99. The number of hydrogen-bond acceptors (Lipinski definition) is 5. The van der Waals surface area contributed by atoms with Gasteiger partial charge in [-0.2, -0.15) is 0 Å². The Morgan fingerprint density at radius 1 is 1.12 bits per heavy atom. The Labute approximate surface area is 158 Å². The van der Waals surface area contributed by atoms with E-state index in [0.29, 0.717) is 5.16 Å². The van der Waals surface area contributed by atoms with Crippen molar-refractivity contribution in [1.82, 2.24) is 14.9 Å². The van der Waals surface area contributed by atoms with Crippen LogP contribution in [0.1, 0.15) is 22.5 Å². The monoisotopic (exact) mass is 372 g/mol. The topological polar surface area (TPSA) is 75.2 Å². The fourth-order valence-electron chi connectivity index (χ4n) is 2.37. The van der Waals surface area contributed by atoms with Crippen molar-refractivity contribution in [2.75, 3.05) is 24.7 Å². The van der Waals surface area contributed by atoms with Crippen LogP contribution in [0.3, 0.4) is 0 Å². The molecule has 0 aliphatic rings. The predicted octanol–water partition coefficient (Wildman–Crippen LogP) is 2.90. The van der Waals surface area contributed by atoms with E-state index >= 15 is 0 Å².